The zero-order valence-corrected chi connectivity index (χ0v) is 40.7. The average molecular weight is 968 g/mol. The van der Waals surface area contributed by atoms with Crippen molar-refractivity contribution in [3.05, 3.63) is 48.0 Å². The number of ether oxygens (including phenoxy) is 2. The van der Waals surface area contributed by atoms with Gasteiger partial charge in [0.15, 0.2) is 23.1 Å². The number of aromatic nitrogens is 6. The smallest absolute Gasteiger partial charge is 0.233 e. The second-order valence-corrected chi connectivity index (χ2v) is 17.8. The lowest BCUT2D eigenvalue weighted by atomic mass is 10.1. The van der Waals surface area contributed by atoms with Crippen LogP contribution >= 0.6 is 12.4 Å². The Morgan fingerprint density at radius 1 is 0.515 bits per heavy atom. The summed E-state index contributed by atoms with van der Waals surface area (Å²) in [4.78, 5) is 32.6. The molecule has 4 aromatic rings. The number of nitrogens with one attached hydrogen (secondary N) is 6. The molecule has 16 nitrogen and oxygen atoms in total. The monoisotopic (exact) mass is 967 g/mol. The highest BCUT2D eigenvalue weighted by Gasteiger charge is 2.25. The van der Waals surface area contributed by atoms with Gasteiger partial charge in [-0.05, 0) is 102 Å². The molecule has 2 aromatic heterocycles. The lowest BCUT2D eigenvalue weighted by molar-refractivity contribution is 0.276. The van der Waals surface area contributed by atoms with E-state index in [1.54, 1.807) is 24.3 Å². The highest BCUT2D eigenvalue weighted by atomic mass is 35.5. The van der Waals surface area contributed by atoms with E-state index in [1.165, 1.54) is 103 Å². The fourth-order valence-electron chi connectivity index (χ4n) is 9.61. The number of methoxy groups -OCH3 is 2. The summed E-state index contributed by atoms with van der Waals surface area (Å²) in [5.74, 6) is 2.45. The minimum Gasteiger partial charge on any atom is -0.494 e. The van der Waals surface area contributed by atoms with Crippen molar-refractivity contribution < 1.29 is 18.3 Å². The molecule has 2 atom stereocenters. The summed E-state index contributed by atoms with van der Waals surface area (Å²) >= 11 is 0. The third-order valence-corrected chi connectivity index (χ3v) is 13.3. The van der Waals surface area contributed by atoms with Crippen LogP contribution in [0.1, 0.15) is 124 Å². The molecule has 2 unspecified atom stereocenters. The summed E-state index contributed by atoms with van der Waals surface area (Å²) < 4.78 is 38.4. The van der Waals surface area contributed by atoms with Gasteiger partial charge < -0.3 is 41.4 Å². The average Bonchev–Trinajstić information content (AvgIpc) is 3.81. The zero-order chi connectivity index (χ0) is 46.1. The highest BCUT2D eigenvalue weighted by molar-refractivity contribution is 5.85. The second kappa shape index (κ2) is 27.8. The number of rotatable bonds is 18. The lowest BCUT2D eigenvalue weighted by Gasteiger charge is -2.23. The summed E-state index contributed by atoms with van der Waals surface area (Å²) in [5, 5.41) is 20.1. The Hall–Kier alpha value is -5.07. The fraction of sp³-hybridized carbons (Fsp3) is 0.633. The van der Waals surface area contributed by atoms with Gasteiger partial charge in [-0.15, -0.1) is 12.4 Å². The van der Waals surface area contributed by atoms with Crippen LogP contribution in [0.3, 0.4) is 0 Å². The van der Waals surface area contributed by atoms with Crippen LogP contribution in [0, 0.1) is 11.6 Å². The van der Waals surface area contributed by atoms with E-state index in [2.05, 4.69) is 85.5 Å². The van der Waals surface area contributed by atoms with E-state index >= 15 is 0 Å². The number of anilines is 8. The molecule has 2 saturated carbocycles. The first-order valence-corrected chi connectivity index (χ1v) is 24.5. The highest BCUT2D eigenvalue weighted by Crippen LogP contribution is 2.28. The van der Waals surface area contributed by atoms with Gasteiger partial charge in [-0.2, -0.15) is 29.9 Å². The quantitative estimate of drug-likeness (QED) is 0.0519. The number of halogens is 3. The van der Waals surface area contributed by atoms with Crippen LogP contribution < -0.4 is 41.4 Å². The van der Waals surface area contributed by atoms with Gasteiger partial charge in [0.1, 0.15) is 0 Å². The Bertz CT molecular complexity index is 1960. The van der Waals surface area contributed by atoms with E-state index in [-0.39, 0.29) is 31.3 Å². The van der Waals surface area contributed by atoms with Crippen molar-refractivity contribution in [1.29, 1.82) is 0 Å². The van der Waals surface area contributed by atoms with Crippen molar-refractivity contribution in [2.24, 2.45) is 0 Å². The fourth-order valence-corrected chi connectivity index (χ4v) is 9.61. The molecule has 19 heteroatoms. The van der Waals surface area contributed by atoms with Crippen molar-refractivity contribution in [3.8, 4) is 11.5 Å². The molecule has 0 amide bonds. The summed E-state index contributed by atoms with van der Waals surface area (Å²) in [7, 11) is 2.90. The van der Waals surface area contributed by atoms with Crippen molar-refractivity contribution >= 4 is 59.5 Å². The number of hydrogen-bond donors (Lipinski definition) is 6. The summed E-state index contributed by atoms with van der Waals surface area (Å²) in [5.41, 5.74) is 1.11. The van der Waals surface area contributed by atoms with Crippen molar-refractivity contribution in [2.45, 2.75) is 148 Å². The summed E-state index contributed by atoms with van der Waals surface area (Å²) in [6.07, 6.45) is 19.3. The predicted molar refractivity (Wildman–Crippen MR) is 274 cm³/mol. The van der Waals surface area contributed by atoms with Crippen molar-refractivity contribution in [3.63, 3.8) is 0 Å². The van der Waals surface area contributed by atoms with Crippen LogP contribution in [0.2, 0.25) is 0 Å². The minimum atomic E-state index is -0.437. The molecule has 0 bridgehead atoms. The minimum absolute atomic E-state index is 0. The Morgan fingerprint density at radius 2 is 0.882 bits per heavy atom. The van der Waals surface area contributed by atoms with Crippen LogP contribution in [0.25, 0.3) is 0 Å². The molecule has 2 aliphatic heterocycles. The van der Waals surface area contributed by atoms with Gasteiger partial charge >= 0.3 is 0 Å². The zero-order valence-electron chi connectivity index (χ0n) is 39.9. The molecule has 4 fully saturated rings. The topological polar surface area (TPSA) is 174 Å². The molecular weight excluding hydrogens is 890 g/mol. The molecule has 376 valence electrons. The Labute approximate surface area is 409 Å². The van der Waals surface area contributed by atoms with E-state index in [0.29, 0.717) is 71.2 Å². The Morgan fingerprint density at radius 3 is 1.24 bits per heavy atom. The van der Waals surface area contributed by atoms with Gasteiger partial charge in [-0.25, -0.2) is 8.78 Å². The molecule has 0 spiro atoms. The molecule has 0 radical (unpaired) electrons. The van der Waals surface area contributed by atoms with Gasteiger partial charge in [0.05, 0.1) is 14.2 Å². The molecular formula is C49H77ClF2N14O2. The summed E-state index contributed by atoms with van der Waals surface area (Å²) in [6, 6.07) is 11.1. The first kappa shape index (κ1) is 53.9. The first-order valence-electron chi connectivity index (χ1n) is 24.5. The molecule has 2 aromatic carbocycles. The maximum absolute atomic E-state index is 14.2. The van der Waals surface area contributed by atoms with E-state index in [4.69, 9.17) is 9.47 Å². The SMILES string of the molecule is C.CCN1CCCC1CNc1nc(Nc2ccc(OC)c(F)c2)nc(NC2CCCCCC2)n1.CCN1CCCC1CNc1nc(Nc2ccc(OC)c(F)c2)nc(NC2CCCCCC2)n1.Cl. The normalized spacial score (nSPS) is 19.2. The number of likely N-dealkylation sites (tertiary alicyclic amines) is 2. The molecule has 68 heavy (non-hydrogen) atoms. The summed E-state index contributed by atoms with van der Waals surface area (Å²) in [6.45, 7) is 10.4. The van der Waals surface area contributed by atoms with Crippen LogP contribution in [0.5, 0.6) is 11.5 Å². The molecule has 2 saturated heterocycles. The molecule has 4 heterocycles. The maximum atomic E-state index is 14.2. The largest absolute Gasteiger partial charge is 0.494 e. The van der Waals surface area contributed by atoms with E-state index in [1.807, 2.05) is 0 Å². The van der Waals surface area contributed by atoms with Crippen molar-refractivity contribution in [2.75, 3.05) is 85.4 Å². The van der Waals surface area contributed by atoms with Crippen molar-refractivity contribution in [1.82, 2.24) is 39.7 Å². The van der Waals surface area contributed by atoms with E-state index < -0.39 is 11.6 Å². The second-order valence-electron chi connectivity index (χ2n) is 17.8. The standard InChI is InChI=1S/2C24H36FN7O.CH4.ClH/c2*1-3-32-14-8-11-19(32)16-26-22-29-23(27-17-9-6-4-5-7-10-17)31-24(30-22)28-18-12-13-21(33-2)20(25)15-18;;/h2*12-13,15,17,19H,3-11,14,16H2,1-2H3,(H3,26,27,28,29,30,31);1H4;1H. The number of hydrogen-bond acceptors (Lipinski definition) is 16. The van der Waals surface area contributed by atoms with Crippen LogP contribution in [-0.4, -0.2) is 117 Å². The Kier molecular flexibility index (Phi) is 22.0. The van der Waals surface area contributed by atoms with Gasteiger partial charge in [0.25, 0.3) is 0 Å². The number of benzene rings is 2. The van der Waals surface area contributed by atoms with E-state index in [0.717, 1.165) is 65.0 Å². The van der Waals surface area contributed by atoms with Crippen LogP contribution in [0.15, 0.2) is 36.4 Å². The molecule has 6 N–H and O–H groups in total. The maximum Gasteiger partial charge on any atom is 0.233 e. The van der Waals surface area contributed by atoms with Gasteiger partial charge in [-0.3, -0.25) is 9.80 Å². The third-order valence-electron chi connectivity index (χ3n) is 13.3. The molecule has 2 aliphatic carbocycles. The van der Waals surface area contributed by atoms with Crippen LogP contribution in [0.4, 0.5) is 55.8 Å². The molecule has 4 aliphatic rings. The third kappa shape index (κ3) is 16.0. The number of likely N-dealkylation sites (N-methyl/N-ethyl adjacent to an activating group) is 2. The van der Waals surface area contributed by atoms with E-state index in [9.17, 15) is 8.78 Å². The van der Waals surface area contributed by atoms with Crippen LogP contribution in [-0.2, 0) is 0 Å². The lowest BCUT2D eigenvalue weighted by Crippen LogP contribution is -2.35. The first-order chi connectivity index (χ1) is 32.3. The van der Waals surface area contributed by atoms with Gasteiger partial charge in [-0.1, -0.05) is 72.6 Å². The Balaban J connectivity index is 0.000000247. The number of nitrogens with zero attached hydrogens (tertiary/aromatic N) is 8. The molecule has 8 rings (SSSR count). The van der Waals surface area contributed by atoms with Gasteiger partial charge in [0, 0.05) is 60.8 Å². The predicted octanol–water partition coefficient (Wildman–Crippen LogP) is 10.6. The van der Waals surface area contributed by atoms with Gasteiger partial charge in [0.2, 0.25) is 35.7 Å².